The van der Waals surface area contributed by atoms with Crippen molar-refractivity contribution >= 4 is 5.97 Å². The summed E-state index contributed by atoms with van der Waals surface area (Å²) in [5.74, 6) is -1.66. The number of carbonyl (C=O) groups is 1. The molecule has 0 atom stereocenters. The molecule has 0 aliphatic rings. The SMILES string of the molecule is O=C([O-])CF.[Cl-].[Na+].[Na+]. The number of rotatable bonds is 1. The smallest absolute Gasteiger partial charge is 1.00 e. The van der Waals surface area contributed by atoms with Crippen LogP contribution in [-0.4, -0.2) is 12.6 Å². The molecule has 0 saturated carbocycles. The van der Waals surface area contributed by atoms with Gasteiger partial charge < -0.3 is 22.3 Å². The van der Waals surface area contributed by atoms with Gasteiger partial charge in [-0.05, 0) is 0 Å². The number of carboxylic acid groups (broad SMARTS) is 1. The van der Waals surface area contributed by atoms with E-state index in [1.807, 2.05) is 0 Å². The normalized spacial score (nSPS) is 4.62. The fraction of sp³-hybridized carbons (Fsp3) is 0.500. The Hall–Kier alpha value is 1.69. The minimum Gasteiger partial charge on any atom is -1.00 e. The molecule has 0 aliphatic heterocycles. The number of aliphatic carboxylic acids is 1. The zero-order valence-electron chi connectivity index (χ0n) is 4.78. The molecule has 0 aliphatic carbocycles. The summed E-state index contributed by atoms with van der Waals surface area (Å²) in [6.45, 7) is -1.39. The molecule has 0 rings (SSSR count). The molecule has 0 aromatic heterocycles. The molecule has 2 nitrogen and oxygen atoms in total. The molecule has 0 aromatic carbocycles. The molecule has 0 amide bonds. The van der Waals surface area contributed by atoms with Crippen LogP contribution in [-0.2, 0) is 4.79 Å². The second-order valence-corrected chi connectivity index (χ2v) is 0.506. The zero-order chi connectivity index (χ0) is 4.28. The first-order valence-corrected chi connectivity index (χ1v) is 1.03. The molecule has 0 aromatic rings. The van der Waals surface area contributed by atoms with Crippen molar-refractivity contribution in [3.63, 3.8) is 0 Å². The van der Waals surface area contributed by atoms with Gasteiger partial charge in [-0.2, -0.15) is 0 Å². The Morgan fingerprint density at radius 2 is 1.62 bits per heavy atom. The predicted molar refractivity (Wildman–Crippen MR) is 11.0 cm³/mol. The van der Waals surface area contributed by atoms with Crippen molar-refractivity contribution in [1.82, 2.24) is 0 Å². The molecule has 0 radical (unpaired) electrons. The van der Waals surface area contributed by atoms with Crippen LogP contribution in [0, 0.1) is 0 Å². The molecular weight excluding hydrogens is 156 g/mol. The molecule has 0 heterocycles. The summed E-state index contributed by atoms with van der Waals surface area (Å²) < 4.78 is 10.5. The first kappa shape index (κ1) is 22.6. The van der Waals surface area contributed by atoms with Gasteiger partial charge in [-0.1, -0.05) is 0 Å². The first-order chi connectivity index (χ1) is 2.27. The Kier molecular flexibility index (Phi) is 44.8. The van der Waals surface area contributed by atoms with Gasteiger partial charge in [0.1, 0.15) is 6.67 Å². The van der Waals surface area contributed by atoms with Crippen LogP contribution in [0.5, 0.6) is 0 Å². The molecule has 0 spiro atoms. The van der Waals surface area contributed by atoms with E-state index in [2.05, 4.69) is 0 Å². The number of carbonyl (C=O) groups excluding carboxylic acids is 1. The molecule has 8 heavy (non-hydrogen) atoms. The molecule has 6 heteroatoms. The first-order valence-electron chi connectivity index (χ1n) is 1.03. The maximum absolute atomic E-state index is 10.5. The van der Waals surface area contributed by atoms with Crippen molar-refractivity contribution in [2.24, 2.45) is 0 Å². The number of hydrogen-bond donors (Lipinski definition) is 0. The third kappa shape index (κ3) is 25.3. The summed E-state index contributed by atoms with van der Waals surface area (Å²) in [5.41, 5.74) is 0. The van der Waals surface area contributed by atoms with Gasteiger partial charge in [-0.3, -0.25) is 0 Å². The summed E-state index contributed by atoms with van der Waals surface area (Å²) in [6.07, 6.45) is 0. The Morgan fingerprint density at radius 3 is 1.62 bits per heavy atom. The minimum absolute atomic E-state index is 0. The Bertz CT molecular complexity index is 53.3. The van der Waals surface area contributed by atoms with E-state index in [0.29, 0.717) is 0 Å². The average molecular weight is 158 g/mol. The van der Waals surface area contributed by atoms with Gasteiger partial charge in [0.15, 0.2) is 0 Å². The van der Waals surface area contributed by atoms with Gasteiger partial charge in [0.25, 0.3) is 0 Å². The third-order valence-corrected chi connectivity index (χ3v) is 0.109. The van der Waals surface area contributed by atoms with Crippen LogP contribution in [0.15, 0.2) is 0 Å². The van der Waals surface area contributed by atoms with Gasteiger partial charge >= 0.3 is 59.1 Å². The zero-order valence-corrected chi connectivity index (χ0v) is 9.54. The fourth-order valence-corrected chi connectivity index (χ4v) is 0. The van der Waals surface area contributed by atoms with E-state index >= 15 is 0 Å². The van der Waals surface area contributed by atoms with Gasteiger partial charge in [-0.25, -0.2) is 4.39 Å². The molecule has 38 valence electrons. The quantitative estimate of drug-likeness (QED) is 0.356. The topological polar surface area (TPSA) is 40.1 Å². The van der Waals surface area contributed by atoms with Gasteiger partial charge in [0, 0.05) is 0 Å². The minimum atomic E-state index is -1.66. The van der Waals surface area contributed by atoms with Crippen LogP contribution in [0.25, 0.3) is 0 Å². The van der Waals surface area contributed by atoms with Crippen molar-refractivity contribution in [1.29, 1.82) is 0 Å². The summed E-state index contributed by atoms with van der Waals surface area (Å²) >= 11 is 0. The van der Waals surface area contributed by atoms with E-state index in [-0.39, 0.29) is 71.5 Å². The number of halogens is 2. The second kappa shape index (κ2) is 15.9. The second-order valence-electron chi connectivity index (χ2n) is 0.506. The number of hydrogen-bond acceptors (Lipinski definition) is 2. The molecular formula is C2H2ClFNa2O2. The van der Waals surface area contributed by atoms with E-state index < -0.39 is 12.6 Å². The molecule has 0 fully saturated rings. The van der Waals surface area contributed by atoms with Gasteiger partial charge in [-0.15, -0.1) is 0 Å². The van der Waals surface area contributed by atoms with Gasteiger partial charge in [0.05, 0.1) is 5.97 Å². The molecule has 0 saturated heterocycles. The van der Waals surface area contributed by atoms with Crippen molar-refractivity contribution < 1.29 is 85.8 Å². The van der Waals surface area contributed by atoms with Crippen molar-refractivity contribution in [3.05, 3.63) is 0 Å². The van der Waals surface area contributed by atoms with E-state index in [0.717, 1.165) is 0 Å². The van der Waals surface area contributed by atoms with Crippen molar-refractivity contribution in [2.75, 3.05) is 6.67 Å². The number of alkyl halides is 1. The maximum atomic E-state index is 10.5. The Balaban J connectivity index is -0.0000000267. The van der Waals surface area contributed by atoms with Crippen LogP contribution < -0.4 is 76.6 Å². The maximum Gasteiger partial charge on any atom is 1.00 e. The van der Waals surface area contributed by atoms with E-state index in [9.17, 15) is 4.39 Å². The van der Waals surface area contributed by atoms with Crippen molar-refractivity contribution in [2.45, 2.75) is 0 Å². The average Bonchev–Trinajstić information content (AvgIpc) is 1.38. The predicted octanol–water partition coefficient (Wildman–Crippen LogP) is -10.3. The molecule has 0 bridgehead atoms. The van der Waals surface area contributed by atoms with Crippen LogP contribution in [0.1, 0.15) is 0 Å². The van der Waals surface area contributed by atoms with Crippen LogP contribution in [0.2, 0.25) is 0 Å². The van der Waals surface area contributed by atoms with E-state index in [1.165, 1.54) is 0 Å². The molecule has 0 unspecified atom stereocenters. The van der Waals surface area contributed by atoms with Crippen LogP contribution in [0.3, 0.4) is 0 Å². The van der Waals surface area contributed by atoms with E-state index in [4.69, 9.17) is 9.90 Å². The summed E-state index contributed by atoms with van der Waals surface area (Å²) in [4.78, 5) is 8.88. The van der Waals surface area contributed by atoms with Gasteiger partial charge in [0.2, 0.25) is 0 Å². The third-order valence-electron chi connectivity index (χ3n) is 0.109. The fourth-order valence-electron chi connectivity index (χ4n) is 0. The summed E-state index contributed by atoms with van der Waals surface area (Å²) in [5, 5.41) is 8.88. The Morgan fingerprint density at radius 1 is 1.50 bits per heavy atom. The Labute approximate surface area is 97.2 Å². The number of carboxylic acids is 1. The van der Waals surface area contributed by atoms with Crippen LogP contribution in [0.4, 0.5) is 4.39 Å². The standard InChI is InChI=1S/C2H3FO2.ClH.2Na/c3-1-2(4)5;;;/h1H2,(H,4,5);1H;;/q;;2*+1/p-2. The largest absolute Gasteiger partial charge is 1.00 e. The van der Waals surface area contributed by atoms with Crippen LogP contribution >= 0.6 is 0 Å². The van der Waals surface area contributed by atoms with E-state index in [1.54, 1.807) is 0 Å². The molecule has 0 N–H and O–H groups in total. The monoisotopic (exact) mass is 158 g/mol. The summed E-state index contributed by atoms with van der Waals surface area (Å²) in [7, 11) is 0. The summed E-state index contributed by atoms with van der Waals surface area (Å²) in [6, 6.07) is 0. The van der Waals surface area contributed by atoms with Crippen molar-refractivity contribution in [3.8, 4) is 0 Å².